The third kappa shape index (κ3) is 6.40. The Bertz CT molecular complexity index is 525. The fourth-order valence-corrected chi connectivity index (χ4v) is 2.68. The van der Waals surface area contributed by atoms with Gasteiger partial charge in [-0.2, -0.15) is 0 Å². The number of aliphatic imine (C=N–C) groups is 1. The Kier molecular flexibility index (Phi) is 7.89. The molecule has 1 atom stereocenters. The lowest BCUT2D eigenvalue weighted by molar-refractivity contribution is 0.140. The van der Waals surface area contributed by atoms with E-state index in [1.54, 1.807) is 0 Å². The van der Waals surface area contributed by atoms with Gasteiger partial charge in [-0.05, 0) is 25.0 Å². The first kappa shape index (κ1) is 18.6. The van der Waals surface area contributed by atoms with E-state index < -0.39 is 0 Å². The summed E-state index contributed by atoms with van der Waals surface area (Å²) in [7, 11) is 0. The molecular weight excluding hydrogens is 302 g/mol. The van der Waals surface area contributed by atoms with Crippen LogP contribution in [0.3, 0.4) is 0 Å². The summed E-state index contributed by atoms with van der Waals surface area (Å²) in [6, 6.07) is 6.22. The quantitative estimate of drug-likeness (QED) is 0.414. The van der Waals surface area contributed by atoms with Crippen molar-refractivity contribution in [2.24, 2.45) is 10.7 Å². The van der Waals surface area contributed by atoms with E-state index in [0.29, 0.717) is 19.1 Å². The maximum Gasteiger partial charge on any atom is 0.188 e. The second-order valence-electron chi connectivity index (χ2n) is 6.40. The third-order valence-corrected chi connectivity index (χ3v) is 4.16. The highest BCUT2D eigenvalue weighted by Gasteiger charge is 2.18. The van der Waals surface area contributed by atoms with Gasteiger partial charge < -0.3 is 20.5 Å². The molecule has 3 N–H and O–H groups in total. The Balaban J connectivity index is 1.87. The molecule has 0 bridgehead atoms. The molecule has 24 heavy (non-hydrogen) atoms. The highest BCUT2D eigenvalue weighted by molar-refractivity contribution is 5.77. The number of benzene rings is 1. The fraction of sp³-hybridized carbons (Fsp3) is 0.632. The first-order valence-corrected chi connectivity index (χ1v) is 9.06. The van der Waals surface area contributed by atoms with Gasteiger partial charge in [0.15, 0.2) is 5.96 Å². The highest BCUT2D eigenvalue weighted by Crippen LogP contribution is 2.24. The molecule has 0 saturated carbocycles. The molecule has 1 fully saturated rings. The standard InChI is InChI=1S/C19H31N3O2/c1-3-4-5-6-10-21-19(20)22-13-16-8-7-15(2)12-18(16)24-17-9-11-23-14-17/h7-8,12,17H,3-6,9-11,13-14H2,1-2H3,(H3,20,21,22). The van der Waals surface area contributed by atoms with Gasteiger partial charge in [0.2, 0.25) is 0 Å². The van der Waals surface area contributed by atoms with E-state index in [2.05, 4.69) is 42.4 Å². The van der Waals surface area contributed by atoms with Crippen molar-refractivity contribution in [1.82, 2.24) is 5.32 Å². The number of nitrogens with one attached hydrogen (secondary N) is 1. The Labute approximate surface area is 145 Å². The van der Waals surface area contributed by atoms with Crippen molar-refractivity contribution in [2.45, 2.75) is 58.6 Å². The van der Waals surface area contributed by atoms with Crippen LogP contribution in [0.25, 0.3) is 0 Å². The van der Waals surface area contributed by atoms with E-state index in [4.69, 9.17) is 15.2 Å². The van der Waals surface area contributed by atoms with Crippen LogP contribution in [-0.4, -0.2) is 31.8 Å². The van der Waals surface area contributed by atoms with Crippen LogP contribution < -0.4 is 15.8 Å². The van der Waals surface area contributed by atoms with Crippen LogP contribution in [0.5, 0.6) is 5.75 Å². The minimum absolute atomic E-state index is 0.142. The molecule has 5 nitrogen and oxygen atoms in total. The molecule has 1 aromatic rings. The summed E-state index contributed by atoms with van der Waals surface area (Å²) in [5.74, 6) is 1.40. The van der Waals surface area contributed by atoms with E-state index in [9.17, 15) is 0 Å². The normalized spacial score (nSPS) is 17.9. The molecule has 5 heteroatoms. The highest BCUT2D eigenvalue weighted by atomic mass is 16.5. The number of hydrogen-bond acceptors (Lipinski definition) is 3. The Morgan fingerprint density at radius 1 is 1.38 bits per heavy atom. The molecule has 1 unspecified atom stereocenters. The molecule has 0 aromatic heterocycles. The summed E-state index contributed by atoms with van der Waals surface area (Å²) in [4.78, 5) is 4.45. The zero-order valence-electron chi connectivity index (χ0n) is 15.0. The summed E-state index contributed by atoms with van der Waals surface area (Å²) < 4.78 is 11.5. The number of rotatable bonds is 9. The van der Waals surface area contributed by atoms with Gasteiger partial charge in [0, 0.05) is 18.5 Å². The second kappa shape index (κ2) is 10.2. The van der Waals surface area contributed by atoms with Crippen molar-refractivity contribution in [2.75, 3.05) is 19.8 Å². The molecule has 2 rings (SSSR count). The van der Waals surface area contributed by atoms with Crippen LogP contribution in [0.1, 0.15) is 50.2 Å². The summed E-state index contributed by atoms with van der Waals surface area (Å²) >= 11 is 0. The van der Waals surface area contributed by atoms with E-state index >= 15 is 0 Å². The summed E-state index contributed by atoms with van der Waals surface area (Å²) in [6.45, 7) is 7.12. The predicted octanol–water partition coefficient (Wildman–Crippen LogP) is 3.15. The maximum atomic E-state index is 6.09. The van der Waals surface area contributed by atoms with Gasteiger partial charge >= 0.3 is 0 Å². The second-order valence-corrected chi connectivity index (χ2v) is 6.40. The van der Waals surface area contributed by atoms with Crippen LogP contribution in [0, 0.1) is 6.92 Å². The van der Waals surface area contributed by atoms with Gasteiger partial charge in [-0.25, -0.2) is 4.99 Å². The molecule has 0 amide bonds. The zero-order chi connectivity index (χ0) is 17.2. The van der Waals surface area contributed by atoms with Crippen LogP contribution in [0.15, 0.2) is 23.2 Å². The fourth-order valence-electron chi connectivity index (χ4n) is 2.68. The summed E-state index contributed by atoms with van der Waals surface area (Å²) in [5, 5.41) is 3.18. The monoisotopic (exact) mass is 333 g/mol. The molecule has 0 radical (unpaired) electrons. The lowest BCUT2D eigenvalue weighted by Crippen LogP contribution is -2.32. The van der Waals surface area contributed by atoms with Gasteiger partial charge in [-0.1, -0.05) is 38.3 Å². The summed E-state index contributed by atoms with van der Waals surface area (Å²) in [5.41, 5.74) is 8.20. The van der Waals surface area contributed by atoms with Crippen molar-refractivity contribution in [1.29, 1.82) is 0 Å². The Morgan fingerprint density at radius 2 is 2.25 bits per heavy atom. The minimum atomic E-state index is 0.142. The first-order chi connectivity index (χ1) is 11.7. The van der Waals surface area contributed by atoms with Crippen molar-refractivity contribution < 1.29 is 9.47 Å². The molecular formula is C19H31N3O2. The number of hydrogen-bond donors (Lipinski definition) is 2. The lowest BCUT2D eigenvalue weighted by Gasteiger charge is -2.15. The van der Waals surface area contributed by atoms with Crippen molar-refractivity contribution >= 4 is 5.96 Å². The van der Waals surface area contributed by atoms with Crippen molar-refractivity contribution in [3.8, 4) is 5.75 Å². The number of aryl methyl sites for hydroxylation is 1. The van der Waals surface area contributed by atoms with E-state index in [1.807, 2.05) is 0 Å². The van der Waals surface area contributed by atoms with Crippen LogP contribution in [0.4, 0.5) is 0 Å². The molecule has 0 aliphatic carbocycles. The smallest absolute Gasteiger partial charge is 0.188 e. The van der Waals surface area contributed by atoms with Gasteiger partial charge in [0.25, 0.3) is 0 Å². The number of unbranched alkanes of at least 4 members (excludes halogenated alkanes) is 3. The molecule has 1 aromatic carbocycles. The molecule has 1 aliphatic heterocycles. The number of ether oxygens (including phenoxy) is 2. The minimum Gasteiger partial charge on any atom is -0.488 e. The number of guanidine groups is 1. The van der Waals surface area contributed by atoms with E-state index in [1.165, 1.54) is 24.8 Å². The molecule has 1 saturated heterocycles. The van der Waals surface area contributed by atoms with E-state index in [-0.39, 0.29) is 6.10 Å². The maximum absolute atomic E-state index is 6.09. The molecule has 1 heterocycles. The van der Waals surface area contributed by atoms with Crippen LogP contribution in [0.2, 0.25) is 0 Å². The Morgan fingerprint density at radius 3 is 3.00 bits per heavy atom. The third-order valence-electron chi connectivity index (χ3n) is 4.16. The SMILES string of the molecule is CCCCCCNC(N)=NCc1ccc(C)cc1OC1CCOC1. The average Bonchev–Trinajstić information content (AvgIpc) is 3.07. The van der Waals surface area contributed by atoms with Gasteiger partial charge in [0.05, 0.1) is 19.8 Å². The largest absolute Gasteiger partial charge is 0.488 e. The van der Waals surface area contributed by atoms with Crippen LogP contribution in [-0.2, 0) is 11.3 Å². The topological polar surface area (TPSA) is 68.9 Å². The molecule has 0 spiro atoms. The summed E-state index contributed by atoms with van der Waals surface area (Å²) in [6.07, 6.45) is 5.96. The Hall–Kier alpha value is -1.75. The lowest BCUT2D eigenvalue weighted by atomic mass is 10.1. The number of nitrogens with two attached hydrogens (primary N) is 1. The number of nitrogens with zero attached hydrogens (tertiary/aromatic N) is 1. The first-order valence-electron chi connectivity index (χ1n) is 9.06. The van der Waals surface area contributed by atoms with Gasteiger partial charge in [-0.15, -0.1) is 0 Å². The molecule has 134 valence electrons. The predicted molar refractivity (Wildman–Crippen MR) is 98.5 cm³/mol. The average molecular weight is 333 g/mol. The van der Waals surface area contributed by atoms with Crippen molar-refractivity contribution in [3.05, 3.63) is 29.3 Å². The van der Waals surface area contributed by atoms with E-state index in [0.717, 1.165) is 37.3 Å². The van der Waals surface area contributed by atoms with Gasteiger partial charge in [0.1, 0.15) is 11.9 Å². The van der Waals surface area contributed by atoms with Gasteiger partial charge in [-0.3, -0.25) is 0 Å². The zero-order valence-corrected chi connectivity index (χ0v) is 15.0. The van der Waals surface area contributed by atoms with Crippen molar-refractivity contribution in [3.63, 3.8) is 0 Å². The van der Waals surface area contributed by atoms with Crippen LogP contribution >= 0.6 is 0 Å². The molecule has 1 aliphatic rings.